The van der Waals surface area contributed by atoms with Gasteiger partial charge in [-0.15, -0.1) is 0 Å². The zero-order valence-electron chi connectivity index (χ0n) is 12.3. The molecular formula is C13H28N2O2. The van der Waals surface area contributed by atoms with Crippen LogP contribution in [-0.2, 0) is 9.53 Å². The van der Waals surface area contributed by atoms with Gasteiger partial charge in [0.2, 0.25) is 5.91 Å². The molecule has 0 saturated heterocycles. The van der Waals surface area contributed by atoms with Gasteiger partial charge in [-0.25, -0.2) is 0 Å². The van der Waals surface area contributed by atoms with Gasteiger partial charge in [-0.2, -0.15) is 0 Å². The molecule has 1 atom stereocenters. The van der Waals surface area contributed by atoms with Gasteiger partial charge in [0.05, 0.1) is 12.1 Å². The quantitative estimate of drug-likeness (QED) is 0.747. The Morgan fingerprint density at radius 2 is 1.76 bits per heavy atom. The van der Waals surface area contributed by atoms with E-state index in [0.717, 1.165) is 6.42 Å². The van der Waals surface area contributed by atoms with Gasteiger partial charge in [0.25, 0.3) is 0 Å². The van der Waals surface area contributed by atoms with Crippen LogP contribution >= 0.6 is 0 Å². The number of hydrogen-bond acceptors (Lipinski definition) is 3. The summed E-state index contributed by atoms with van der Waals surface area (Å²) in [5.74, 6) is 0.0274. The summed E-state index contributed by atoms with van der Waals surface area (Å²) < 4.78 is 5.36. The normalized spacial score (nSPS) is 14.5. The van der Waals surface area contributed by atoms with Crippen LogP contribution in [0.15, 0.2) is 0 Å². The van der Waals surface area contributed by atoms with Crippen molar-refractivity contribution in [2.24, 2.45) is 0 Å². The van der Waals surface area contributed by atoms with Crippen molar-refractivity contribution in [3.8, 4) is 0 Å². The molecule has 0 radical (unpaired) electrons. The second-order valence-corrected chi connectivity index (χ2v) is 6.25. The average molecular weight is 244 g/mol. The van der Waals surface area contributed by atoms with Crippen LogP contribution in [0.2, 0.25) is 0 Å². The maximum Gasteiger partial charge on any atom is 0.234 e. The van der Waals surface area contributed by atoms with Crippen molar-refractivity contribution in [3.63, 3.8) is 0 Å². The van der Waals surface area contributed by atoms with Crippen LogP contribution in [0, 0.1) is 0 Å². The van der Waals surface area contributed by atoms with E-state index < -0.39 is 0 Å². The van der Waals surface area contributed by atoms with Crippen LogP contribution in [0.3, 0.4) is 0 Å². The molecule has 0 saturated carbocycles. The third-order valence-electron chi connectivity index (χ3n) is 2.48. The molecule has 0 rings (SSSR count). The second-order valence-electron chi connectivity index (χ2n) is 6.25. The summed E-state index contributed by atoms with van der Waals surface area (Å²) in [6.07, 6.45) is 0.867. The number of carbonyl (C=O) groups excluding carboxylic acids is 1. The molecule has 0 spiro atoms. The average Bonchev–Trinajstić information content (AvgIpc) is 2.11. The second kappa shape index (κ2) is 6.36. The fourth-order valence-electron chi connectivity index (χ4n) is 1.62. The summed E-state index contributed by atoms with van der Waals surface area (Å²) >= 11 is 0. The highest BCUT2D eigenvalue weighted by atomic mass is 16.5. The number of hydrogen-bond donors (Lipinski definition) is 2. The van der Waals surface area contributed by atoms with Gasteiger partial charge in [0.15, 0.2) is 0 Å². The molecule has 0 aromatic heterocycles. The minimum absolute atomic E-state index is 0.0274. The third kappa shape index (κ3) is 9.12. The maximum atomic E-state index is 11.6. The Morgan fingerprint density at radius 3 is 2.18 bits per heavy atom. The summed E-state index contributed by atoms with van der Waals surface area (Å²) in [6, 6.07) is 0.246. The monoisotopic (exact) mass is 244 g/mol. The molecule has 17 heavy (non-hydrogen) atoms. The van der Waals surface area contributed by atoms with Crippen molar-refractivity contribution in [2.45, 2.75) is 65.1 Å². The van der Waals surface area contributed by atoms with Gasteiger partial charge in [-0.05, 0) is 48.0 Å². The number of nitrogens with one attached hydrogen (secondary N) is 2. The first-order chi connectivity index (χ1) is 7.56. The highest BCUT2D eigenvalue weighted by Crippen LogP contribution is 2.15. The fraction of sp³-hybridized carbons (Fsp3) is 0.923. The zero-order valence-corrected chi connectivity index (χ0v) is 12.3. The third-order valence-corrected chi connectivity index (χ3v) is 2.48. The van der Waals surface area contributed by atoms with Gasteiger partial charge in [0, 0.05) is 18.7 Å². The van der Waals surface area contributed by atoms with Crippen molar-refractivity contribution >= 4 is 5.91 Å². The van der Waals surface area contributed by atoms with E-state index >= 15 is 0 Å². The van der Waals surface area contributed by atoms with E-state index in [2.05, 4.69) is 17.6 Å². The van der Waals surface area contributed by atoms with Gasteiger partial charge >= 0.3 is 0 Å². The fourth-order valence-corrected chi connectivity index (χ4v) is 1.62. The summed E-state index contributed by atoms with van der Waals surface area (Å²) in [5, 5.41) is 6.12. The number of ether oxygens (including phenoxy) is 1. The lowest BCUT2D eigenvalue weighted by atomic mass is 10.00. The molecule has 0 heterocycles. The lowest BCUT2D eigenvalue weighted by Crippen LogP contribution is -2.47. The van der Waals surface area contributed by atoms with E-state index in [1.54, 1.807) is 7.11 Å². The molecule has 2 N–H and O–H groups in total. The number of rotatable bonds is 6. The molecule has 0 aromatic rings. The van der Waals surface area contributed by atoms with Crippen molar-refractivity contribution in [2.75, 3.05) is 13.7 Å². The Hall–Kier alpha value is -0.610. The highest BCUT2D eigenvalue weighted by Gasteiger charge is 2.20. The van der Waals surface area contributed by atoms with E-state index in [-0.39, 0.29) is 23.1 Å². The lowest BCUT2D eigenvalue weighted by molar-refractivity contribution is -0.121. The Labute approximate surface area is 105 Å². The topological polar surface area (TPSA) is 50.4 Å². The van der Waals surface area contributed by atoms with Crippen molar-refractivity contribution < 1.29 is 9.53 Å². The van der Waals surface area contributed by atoms with Crippen LogP contribution in [-0.4, -0.2) is 36.7 Å². The predicted octanol–water partition coefficient (Wildman–Crippen LogP) is 1.69. The van der Waals surface area contributed by atoms with E-state index in [9.17, 15) is 4.79 Å². The first kappa shape index (κ1) is 16.4. The highest BCUT2D eigenvalue weighted by molar-refractivity contribution is 5.78. The smallest absolute Gasteiger partial charge is 0.234 e. The Balaban J connectivity index is 3.93. The minimum atomic E-state index is -0.173. The minimum Gasteiger partial charge on any atom is -0.379 e. The molecule has 0 bridgehead atoms. The summed E-state index contributed by atoms with van der Waals surface area (Å²) in [4.78, 5) is 11.6. The molecule has 0 fully saturated rings. The Morgan fingerprint density at radius 1 is 1.24 bits per heavy atom. The van der Waals surface area contributed by atoms with Gasteiger partial charge in [0.1, 0.15) is 0 Å². The Kier molecular flexibility index (Phi) is 6.13. The zero-order chi connectivity index (χ0) is 13.7. The van der Waals surface area contributed by atoms with Crippen LogP contribution < -0.4 is 10.6 Å². The summed E-state index contributed by atoms with van der Waals surface area (Å²) in [6.45, 7) is 12.4. The van der Waals surface area contributed by atoms with Crippen LogP contribution in [0.5, 0.6) is 0 Å². The number of carbonyl (C=O) groups is 1. The van der Waals surface area contributed by atoms with E-state index in [4.69, 9.17) is 4.74 Å². The molecule has 0 aliphatic carbocycles. The molecule has 1 amide bonds. The largest absolute Gasteiger partial charge is 0.379 e. The Bertz CT molecular complexity index is 244. The van der Waals surface area contributed by atoms with Crippen molar-refractivity contribution in [3.05, 3.63) is 0 Å². The molecule has 1 unspecified atom stereocenters. The molecule has 102 valence electrons. The van der Waals surface area contributed by atoms with Gasteiger partial charge in [-0.3, -0.25) is 4.79 Å². The standard InChI is InChI=1S/C13H28N2O2/c1-10(8-13(5,6)17-7)14-9-11(16)15-12(2,3)4/h10,14H,8-9H2,1-7H3,(H,15,16). The summed E-state index contributed by atoms with van der Waals surface area (Å²) in [7, 11) is 1.71. The first-order valence-corrected chi connectivity index (χ1v) is 6.15. The molecule has 4 heteroatoms. The van der Waals surface area contributed by atoms with Crippen LogP contribution in [0.1, 0.15) is 48.0 Å². The van der Waals surface area contributed by atoms with Crippen molar-refractivity contribution in [1.82, 2.24) is 10.6 Å². The van der Waals surface area contributed by atoms with E-state index in [1.807, 2.05) is 34.6 Å². The summed E-state index contributed by atoms with van der Waals surface area (Å²) in [5.41, 5.74) is -0.333. The van der Waals surface area contributed by atoms with Crippen LogP contribution in [0.4, 0.5) is 0 Å². The van der Waals surface area contributed by atoms with E-state index in [1.165, 1.54) is 0 Å². The maximum absolute atomic E-state index is 11.6. The predicted molar refractivity (Wildman–Crippen MR) is 71.1 cm³/mol. The van der Waals surface area contributed by atoms with E-state index in [0.29, 0.717) is 6.54 Å². The first-order valence-electron chi connectivity index (χ1n) is 6.15. The van der Waals surface area contributed by atoms with Crippen LogP contribution in [0.25, 0.3) is 0 Å². The molecule has 0 aromatic carbocycles. The molecule has 4 nitrogen and oxygen atoms in total. The van der Waals surface area contributed by atoms with Crippen molar-refractivity contribution in [1.29, 1.82) is 0 Å². The SMILES string of the molecule is COC(C)(C)CC(C)NCC(=O)NC(C)(C)C. The molecule has 0 aliphatic rings. The lowest BCUT2D eigenvalue weighted by Gasteiger charge is -2.27. The van der Waals surface area contributed by atoms with Gasteiger partial charge in [-0.1, -0.05) is 0 Å². The molecule has 0 aliphatic heterocycles. The number of methoxy groups -OCH3 is 1. The van der Waals surface area contributed by atoms with Gasteiger partial charge < -0.3 is 15.4 Å². The number of amides is 1. The molecular weight excluding hydrogens is 216 g/mol.